The first-order chi connectivity index (χ1) is 16.8. The summed E-state index contributed by atoms with van der Waals surface area (Å²) in [5.74, 6) is 0.826. The van der Waals surface area contributed by atoms with Crippen molar-refractivity contribution in [2.24, 2.45) is 5.92 Å². The summed E-state index contributed by atoms with van der Waals surface area (Å²) in [5.41, 5.74) is 0.378. The zero-order valence-corrected chi connectivity index (χ0v) is 24.2. The summed E-state index contributed by atoms with van der Waals surface area (Å²) in [6, 6.07) is 1.31. The lowest BCUT2D eigenvalue weighted by atomic mass is 9.91. The van der Waals surface area contributed by atoms with E-state index >= 15 is 0 Å². The van der Waals surface area contributed by atoms with Gasteiger partial charge in [0.2, 0.25) is 5.75 Å². The van der Waals surface area contributed by atoms with Gasteiger partial charge in [0, 0.05) is 12.7 Å². The second-order valence-corrected chi connectivity index (χ2v) is 15.6. The molecule has 1 heterocycles. The molecular formula is C25H43NO9Si. The molecule has 0 aromatic heterocycles. The van der Waals surface area contributed by atoms with Crippen LogP contribution in [0.4, 0.5) is 5.69 Å². The average Bonchev–Trinajstić information content (AvgIpc) is 3.59. The molecule has 1 aromatic rings. The highest BCUT2D eigenvalue weighted by molar-refractivity contribution is 6.74. The molecule has 206 valence electrons. The molecule has 11 heteroatoms. The van der Waals surface area contributed by atoms with E-state index in [1.54, 1.807) is 7.11 Å². The fourth-order valence-corrected chi connectivity index (χ4v) is 5.56. The molecule has 5 atom stereocenters. The van der Waals surface area contributed by atoms with Gasteiger partial charge in [-0.2, -0.15) is 0 Å². The number of hydrogen-bond donors (Lipinski definition) is 1. The summed E-state index contributed by atoms with van der Waals surface area (Å²) < 4.78 is 34.9. The van der Waals surface area contributed by atoms with E-state index in [0.717, 1.165) is 0 Å². The first kappa shape index (κ1) is 30.3. The van der Waals surface area contributed by atoms with Gasteiger partial charge in [-0.25, -0.2) is 0 Å². The van der Waals surface area contributed by atoms with Crippen LogP contribution in [0.3, 0.4) is 0 Å². The molecule has 0 bridgehead atoms. The summed E-state index contributed by atoms with van der Waals surface area (Å²) in [4.78, 5) is 11.2. The van der Waals surface area contributed by atoms with Gasteiger partial charge in [0.15, 0.2) is 19.8 Å². The Bertz CT molecular complexity index is 902. The summed E-state index contributed by atoms with van der Waals surface area (Å²) in [6.07, 6.45) is -0.165. The van der Waals surface area contributed by atoms with Crippen LogP contribution in [0.25, 0.3) is 0 Å². The zero-order valence-electron chi connectivity index (χ0n) is 23.2. The minimum atomic E-state index is -2.17. The largest absolute Gasteiger partial charge is 0.493 e. The quantitative estimate of drug-likeness (QED) is 0.162. The van der Waals surface area contributed by atoms with Crippen LogP contribution < -0.4 is 14.2 Å². The van der Waals surface area contributed by atoms with E-state index in [9.17, 15) is 15.2 Å². The molecule has 0 unspecified atom stereocenters. The topological polar surface area (TPSA) is 122 Å². The maximum Gasteiger partial charge on any atom is 0.315 e. The van der Waals surface area contributed by atoms with Gasteiger partial charge in [-0.15, -0.1) is 0 Å². The number of aliphatic hydroxyl groups is 1. The predicted octanol–water partition coefficient (Wildman–Crippen LogP) is 4.35. The minimum absolute atomic E-state index is 0.00121. The fraction of sp³-hybridized carbons (Fsp3) is 0.760. The molecule has 1 fully saturated rings. The van der Waals surface area contributed by atoms with Crippen molar-refractivity contribution in [2.45, 2.75) is 83.1 Å². The van der Waals surface area contributed by atoms with Gasteiger partial charge < -0.3 is 33.2 Å². The summed E-state index contributed by atoms with van der Waals surface area (Å²) in [6.45, 7) is 12.8. The Morgan fingerprint density at radius 2 is 1.75 bits per heavy atom. The zero-order chi connectivity index (χ0) is 27.4. The molecule has 36 heavy (non-hydrogen) atoms. The number of epoxide rings is 1. The normalized spacial score (nSPS) is 20.4. The number of nitrogens with zero attached hydrogens (tertiary/aromatic N) is 1. The van der Waals surface area contributed by atoms with Crippen LogP contribution in [-0.4, -0.2) is 77.8 Å². The lowest BCUT2D eigenvalue weighted by Crippen LogP contribution is -2.50. The summed E-state index contributed by atoms with van der Waals surface area (Å²) in [5, 5.41) is 21.3. The molecule has 0 spiro atoms. The molecule has 0 radical (unpaired) electrons. The molecule has 1 aliphatic rings. The van der Waals surface area contributed by atoms with E-state index in [1.165, 1.54) is 27.4 Å². The third kappa shape index (κ3) is 6.68. The molecule has 2 rings (SSSR count). The third-order valence-electron chi connectivity index (χ3n) is 7.32. The highest BCUT2D eigenvalue weighted by Crippen LogP contribution is 2.46. The van der Waals surface area contributed by atoms with Gasteiger partial charge in [-0.1, -0.05) is 27.7 Å². The third-order valence-corrected chi connectivity index (χ3v) is 11.8. The van der Waals surface area contributed by atoms with E-state index in [0.29, 0.717) is 24.2 Å². The Labute approximate surface area is 215 Å². The van der Waals surface area contributed by atoms with Crippen LogP contribution in [0.2, 0.25) is 18.1 Å². The van der Waals surface area contributed by atoms with Crippen LogP contribution in [0.1, 0.15) is 39.7 Å². The monoisotopic (exact) mass is 529 g/mol. The Morgan fingerprint density at radius 3 is 2.17 bits per heavy atom. The Balaban J connectivity index is 2.37. The lowest BCUT2D eigenvalue weighted by molar-refractivity contribution is -0.385. The number of hydrogen-bond acceptors (Lipinski definition) is 9. The molecule has 1 N–H and O–H groups in total. The predicted molar refractivity (Wildman–Crippen MR) is 139 cm³/mol. The molecule has 0 aliphatic carbocycles. The molecule has 1 aromatic carbocycles. The van der Waals surface area contributed by atoms with Gasteiger partial charge in [-0.3, -0.25) is 10.1 Å². The molecule has 10 nitrogen and oxygen atoms in total. The van der Waals surface area contributed by atoms with Gasteiger partial charge in [0.05, 0.1) is 45.0 Å². The van der Waals surface area contributed by atoms with Crippen molar-refractivity contribution in [3.8, 4) is 17.2 Å². The Morgan fingerprint density at radius 1 is 1.14 bits per heavy atom. The molecule has 0 amide bonds. The standard InChI is InChI=1S/C25H43NO9Si/c1-15(11-16-21(32-7)17(26(28)29)13-19(31-6)22(16)33-8)12-18(30-5)24(23-20(14-27)34-23)35-36(9,10)25(2,3)4/h13,15,18,20,23-24,27H,11-12,14H2,1-10H3/t15-,18+,20+,23+,24+/m1/s1. The van der Waals surface area contributed by atoms with E-state index in [4.69, 9.17) is 28.1 Å². The maximum atomic E-state index is 11.7. The van der Waals surface area contributed by atoms with Crippen molar-refractivity contribution in [1.29, 1.82) is 0 Å². The molecule has 1 saturated heterocycles. The van der Waals surface area contributed by atoms with Gasteiger partial charge in [0.25, 0.3) is 0 Å². The first-order valence-corrected chi connectivity index (χ1v) is 15.1. The lowest BCUT2D eigenvalue weighted by Gasteiger charge is -2.41. The number of rotatable bonds is 14. The number of methoxy groups -OCH3 is 4. The van der Waals surface area contributed by atoms with Gasteiger partial charge >= 0.3 is 5.69 Å². The summed E-state index contributed by atoms with van der Waals surface area (Å²) in [7, 11) is 3.82. The second-order valence-electron chi connectivity index (χ2n) is 10.9. The van der Waals surface area contributed by atoms with Crippen molar-refractivity contribution < 1.29 is 38.1 Å². The molecule has 1 aliphatic heterocycles. The van der Waals surface area contributed by atoms with Crippen LogP contribution in [0.15, 0.2) is 6.07 Å². The first-order valence-electron chi connectivity index (χ1n) is 12.2. The SMILES string of the molecule is COc1cc([N+](=O)[O-])c(OC)c(C[C@@H](C)C[C@H](OC)[C@H](O[Si](C)(C)C(C)(C)C)[C@H]2O[C@H]2CO)c1OC. The van der Waals surface area contributed by atoms with Crippen LogP contribution in [0.5, 0.6) is 17.2 Å². The van der Waals surface area contributed by atoms with E-state index < -0.39 is 13.2 Å². The minimum Gasteiger partial charge on any atom is -0.493 e. The number of ether oxygens (including phenoxy) is 5. The van der Waals surface area contributed by atoms with Crippen molar-refractivity contribution >= 4 is 14.0 Å². The van der Waals surface area contributed by atoms with E-state index in [2.05, 4.69) is 33.9 Å². The van der Waals surface area contributed by atoms with Crippen molar-refractivity contribution in [1.82, 2.24) is 0 Å². The average molecular weight is 530 g/mol. The van der Waals surface area contributed by atoms with Gasteiger partial charge in [-0.05, 0) is 36.9 Å². The van der Waals surface area contributed by atoms with E-state index in [1.807, 2.05) is 6.92 Å². The summed E-state index contributed by atoms with van der Waals surface area (Å²) >= 11 is 0. The Hall–Kier alpha value is -1.92. The second kappa shape index (κ2) is 12.1. The molecule has 0 saturated carbocycles. The van der Waals surface area contributed by atoms with E-state index in [-0.39, 0.29) is 59.2 Å². The highest BCUT2D eigenvalue weighted by atomic mass is 28.4. The van der Waals surface area contributed by atoms with Crippen molar-refractivity contribution in [2.75, 3.05) is 35.0 Å². The maximum absolute atomic E-state index is 11.7. The van der Waals surface area contributed by atoms with Crippen LogP contribution in [-0.2, 0) is 20.3 Å². The number of nitro benzene ring substituents is 1. The van der Waals surface area contributed by atoms with Crippen LogP contribution in [0, 0.1) is 16.0 Å². The smallest absolute Gasteiger partial charge is 0.315 e. The number of nitro groups is 1. The van der Waals surface area contributed by atoms with Gasteiger partial charge in [0.1, 0.15) is 18.3 Å². The Kier molecular flexibility index (Phi) is 10.2. The molecular weight excluding hydrogens is 486 g/mol. The fourth-order valence-electron chi connectivity index (χ4n) is 4.24. The number of aliphatic hydroxyl groups excluding tert-OH is 1. The highest BCUT2D eigenvalue weighted by Gasteiger charge is 2.52. The van der Waals surface area contributed by atoms with Crippen molar-refractivity contribution in [3.63, 3.8) is 0 Å². The van der Waals surface area contributed by atoms with Crippen molar-refractivity contribution in [3.05, 3.63) is 21.7 Å². The van der Waals surface area contributed by atoms with Crippen LogP contribution >= 0.6 is 0 Å². The number of benzene rings is 1.